The fourth-order valence-electron chi connectivity index (χ4n) is 4.15. The Bertz CT molecular complexity index is 1290. The lowest BCUT2D eigenvalue weighted by Gasteiger charge is -2.32. The number of thiophene rings is 1. The molecule has 0 aliphatic rings. The van der Waals surface area contributed by atoms with Crippen molar-refractivity contribution in [2.45, 2.75) is 65.2 Å². The molecule has 0 fully saturated rings. The predicted molar refractivity (Wildman–Crippen MR) is 135 cm³/mol. The van der Waals surface area contributed by atoms with Gasteiger partial charge in [0.25, 0.3) is 5.56 Å². The first-order valence-corrected chi connectivity index (χ1v) is 12.5. The monoisotopic (exact) mass is 480 g/mol. The molecule has 0 unspecified atom stereocenters. The number of tetrazole rings is 1. The van der Waals surface area contributed by atoms with Gasteiger partial charge in [-0.15, -0.1) is 16.4 Å². The van der Waals surface area contributed by atoms with Gasteiger partial charge >= 0.3 is 0 Å². The lowest BCUT2D eigenvalue weighted by molar-refractivity contribution is 0.152. The zero-order chi connectivity index (χ0) is 24.3. The summed E-state index contributed by atoms with van der Waals surface area (Å²) in [4.78, 5) is 19.6. The van der Waals surface area contributed by atoms with Gasteiger partial charge in [0.15, 0.2) is 5.82 Å². The van der Waals surface area contributed by atoms with Crippen LogP contribution in [-0.2, 0) is 18.6 Å². The van der Waals surface area contributed by atoms with Gasteiger partial charge in [0, 0.05) is 29.6 Å². The van der Waals surface area contributed by atoms with Gasteiger partial charge in [0.2, 0.25) is 0 Å². The molecule has 0 aliphatic carbocycles. The number of aromatic amines is 1. The lowest BCUT2D eigenvalue weighted by atomic mass is 10.0. The van der Waals surface area contributed by atoms with E-state index >= 15 is 0 Å². The summed E-state index contributed by atoms with van der Waals surface area (Å²) in [6, 6.07) is 11.8. The lowest BCUT2D eigenvalue weighted by Crippen LogP contribution is -2.35. The zero-order valence-corrected chi connectivity index (χ0v) is 21.2. The molecule has 0 saturated carbocycles. The van der Waals surface area contributed by atoms with Crippen molar-refractivity contribution in [3.05, 3.63) is 68.4 Å². The molecule has 9 heteroatoms. The third-order valence-electron chi connectivity index (χ3n) is 6.50. The molecule has 0 bridgehead atoms. The van der Waals surface area contributed by atoms with E-state index in [0.717, 1.165) is 29.6 Å². The Morgan fingerprint density at radius 2 is 2.03 bits per heavy atom. The molecule has 0 saturated heterocycles. The second-order valence-electron chi connectivity index (χ2n) is 9.10. The highest BCUT2D eigenvalue weighted by molar-refractivity contribution is 7.09. The van der Waals surface area contributed by atoms with Crippen molar-refractivity contribution >= 4 is 22.2 Å². The minimum atomic E-state index is -0.208. The van der Waals surface area contributed by atoms with E-state index in [-0.39, 0.29) is 17.1 Å². The summed E-state index contributed by atoms with van der Waals surface area (Å²) in [6.07, 6.45) is 1.72. The molecule has 8 nitrogen and oxygen atoms in total. The topological polar surface area (TPSA) is 88.9 Å². The van der Waals surface area contributed by atoms with Crippen LogP contribution in [0.2, 0.25) is 0 Å². The smallest absolute Gasteiger partial charge is 0.252 e. The number of ether oxygens (including phenoxy) is 1. The second kappa shape index (κ2) is 10.1. The number of nitrogens with zero attached hydrogens (tertiary/aromatic N) is 5. The molecular formula is C25H32N6O2S. The SMILES string of the molecule is CC[C@@H](c1nnnn1C(C)(C)CC)N(Cc1cccs1)Cc1cc2ccc(OC)cc2[nH]c1=O. The number of benzene rings is 1. The summed E-state index contributed by atoms with van der Waals surface area (Å²) in [7, 11) is 1.62. The Morgan fingerprint density at radius 3 is 2.71 bits per heavy atom. The fourth-order valence-corrected chi connectivity index (χ4v) is 4.88. The van der Waals surface area contributed by atoms with Crippen molar-refractivity contribution in [3.8, 4) is 5.75 Å². The number of hydrogen-bond acceptors (Lipinski definition) is 7. The van der Waals surface area contributed by atoms with Gasteiger partial charge in [-0.25, -0.2) is 4.68 Å². The van der Waals surface area contributed by atoms with Gasteiger partial charge < -0.3 is 9.72 Å². The molecule has 3 heterocycles. The summed E-state index contributed by atoms with van der Waals surface area (Å²) >= 11 is 1.71. The van der Waals surface area contributed by atoms with Crippen molar-refractivity contribution in [1.82, 2.24) is 30.1 Å². The average molecular weight is 481 g/mol. The van der Waals surface area contributed by atoms with E-state index in [4.69, 9.17) is 4.74 Å². The van der Waals surface area contributed by atoms with Crippen molar-refractivity contribution in [2.24, 2.45) is 0 Å². The van der Waals surface area contributed by atoms with E-state index in [1.807, 2.05) is 28.9 Å². The number of rotatable bonds is 10. The zero-order valence-electron chi connectivity index (χ0n) is 20.4. The number of aromatic nitrogens is 5. The van der Waals surface area contributed by atoms with E-state index in [1.165, 1.54) is 4.88 Å². The van der Waals surface area contributed by atoms with E-state index in [9.17, 15) is 4.79 Å². The van der Waals surface area contributed by atoms with Gasteiger partial charge in [-0.1, -0.05) is 19.9 Å². The number of H-pyrrole nitrogens is 1. The molecule has 34 heavy (non-hydrogen) atoms. The fraction of sp³-hybridized carbons (Fsp3) is 0.440. The third kappa shape index (κ3) is 4.90. The van der Waals surface area contributed by atoms with Crippen LogP contribution in [0.5, 0.6) is 5.75 Å². The minimum absolute atomic E-state index is 0.0473. The standard InChI is InChI=1S/C25H32N6O2S/c1-6-22(23-27-28-29-31(23)25(3,4)7-2)30(16-20-9-8-12-34-20)15-18-13-17-10-11-19(33-5)14-21(17)26-24(18)32/h8-14,22H,6-7,15-16H2,1-5H3,(H,26,32)/t22-/m0/s1. The summed E-state index contributed by atoms with van der Waals surface area (Å²) in [5, 5.41) is 15.9. The van der Waals surface area contributed by atoms with Crippen LogP contribution < -0.4 is 10.3 Å². The van der Waals surface area contributed by atoms with Crippen molar-refractivity contribution in [3.63, 3.8) is 0 Å². The molecule has 4 aromatic rings. The Labute approximate surface area is 203 Å². The average Bonchev–Trinajstić information content (AvgIpc) is 3.52. The van der Waals surface area contributed by atoms with Crippen LogP contribution in [0.25, 0.3) is 10.9 Å². The highest BCUT2D eigenvalue weighted by atomic mass is 32.1. The molecule has 0 amide bonds. The molecule has 4 rings (SSSR count). The Hall–Kier alpha value is -3.04. The quantitative estimate of drug-likeness (QED) is 0.348. The minimum Gasteiger partial charge on any atom is -0.497 e. The van der Waals surface area contributed by atoms with Crippen LogP contribution in [-0.4, -0.2) is 37.2 Å². The number of pyridine rings is 1. The summed E-state index contributed by atoms with van der Waals surface area (Å²) in [6.45, 7) is 9.75. The summed E-state index contributed by atoms with van der Waals surface area (Å²) < 4.78 is 7.24. The second-order valence-corrected chi connectivity index (χ2v) is 10.1. The van der Waals surface area contributed by atoms with E-state index < -0.39 is 0 Å². The van der Waals surface area contributed by atoms with Crippen LogP contribution >= 0.6 is 11.3 Å². The van der Waals surface area contributed by atoms with Crippen LogP contribution in [0.15, 0.2) is 46.6 Å². The van der Waals surface area contributed by atoms with E-state index in [0.29, 0.717) is 24.4 Å². The molecule has 1 N–H and O–H groups in total. The molecule has 180 valence electrons. The van der Waals surface area contributed by atoms with Gasteiger partial charge in [-0.2, -0.15) is 0 Å². The maximum absolute atomic E-state index is 13.1. The highest BCUT2D eigenvalue weighted by Crippen LogP contribution is 2.31. The normalized spacial score (nSPS) is 13.0. The van der Waals surface area contributed by atoms with Gasteiger partial charge in [0.05, 0.1) is 24.2 Å². The Morgan fingerprint density at radius 1 is 1.21 bits per heavy atom. The molecule has 0 radical (unpaired) electrons. The maximum atomic E-state index is 13.1. The van der Waals surface area contributed by atoms with Crippen LogP contribution in [0.4, 0.5) is 0 Å². The molecule has 0 aliphatic heterocycles. The Kier molecular flexibility index (Phi) is 7.13. The number of methoxy groups -OCH3 is 1. The number of nitrogens with one attached hydrogen (secondary N) is 1. The maximum Gasteiger partial charge on any atom is 0.252 e. The third-order valence-corrected chi connectivity index (χ3v) is 7.36. The number of fused-ring (bicyclic) bond motifs is 1. The van der Waals surface area contributed by atoms with Gasteiger partial charge in [0.1, 0.15) is 5.75 Å². The van der Waals surface area contributed by atoms with E-state index in [2.05, 4.69) is 70.6 Å². The highest BCUT2D eigenvalue weighted by Gasteiger charge is 2.31. The van der Waals surface area contributed by atoms with Crippen molar-refractivity contribution in [2.75, 3.05) is 7.11 Å². The predicted octanol–water partition coefficient (Wildman–Crippen LogP) is 4.88. The van der Waals surface area contributed by atoms with Crippen LogP contribution in [0.3, 0.4) is 0 Å². The summed E-state index contributed by atoms with van der Waals surface area (Å²) in [5.41, 5.74) is 1.17. The van der Waals surface area contributed by atoms with Crippen molar-refractivity contribution < 1.29 is 4.74 Å². The van der Waals surface area contributed by atoms with Gasteiger partial charge in [-0.05, 0) is 72.1 Å². The summed E-state index contributed by atoms with van der Waals surface area (Å²) in [5.74, 6) is 1.54. The first kappa shape index (κ1) is 24.1. The largest absolute Gasteiger partial charge is 0.497 e. The molecule has 1 atom stereocenters. The first-order chi connectivity index (χ1) is 16.4. The van der Waals surface area contributed by atoms with E-state index in [1.54, 1.807) is 18.4 Å². The Balaban J connectivity index is 1.74. The van der Waals surface area contributed by atoms with Crippen molar-refractivity contribution in [1.29, 1.82) is 0 Å². The number of hydrogen-bond donors (Lipinski definition) is 1. The molecule has 3 aromatic heterocycles. The molecular weight excluding hydrogens is 448 g/mol. The molecule has 1 aromatic carbocycles. The molecule has 0 spiro atoms. The van der Waals surface area contributed by atoms with Gasteiger partial charge in [-0.3, -0.25) is 9.69 Å². The van der Waals surface area contributed by atoms with Crippen LogP contribution in [0, 0.1) is 0 Å². The first-order valence-electron chi connectivity index (χ1n) is 11.6. The van der Waals surface area contributed by atoms with Crippen LogP contribution in [0.1, 0.15) is 62.8 Å².